The number of pyridine rings is 2. The van der Waals surface area contributed by atoms with Gasteiger partial charge in [-0.3, -0.25) is 14.2 Å². The number of carbonyl (C=O) groups excluding carboxylic acids is 1. The Balaban J connectivity index is 1.48. The first-order valence-corrected chi connectivity index (χ1v) is 11.5. The van der Waals surface area contributed by atoms with Crippen molar-refractivity contribution in [3.05, 3.63) is 65.7 Å². The number of thioether (sulfide) groups is 1. The van der Waals surface area contributed by atoms with E-state index in [-0.39, 0.29) is 18.4 Å². The molecule has 1 unspecified atom stereocenters. The van der Waals surface area contributed by atoms with Gasteiger partial charge in [0.25, 0.3) is 0 Å². The van der Waals surface area contributed by atoms with Gasteiger partial charge in [-0.05, 0) is 42.7 Å². The summed E-state index contributed by atoms with van der Waals surface area (Å²) in [7, 11) is 0. The molecule has 4 aromatic rings. The molecule has 4 aromatic heterocycles. The Hall–Kier alpha value is -2.78. The van der Waals surface area contributed by atoms with E-state index < -0.39 is 0 Å². The van der Waals surface area contributed by atoms with E-state index >= 15 is 0 Å². The van der Waals surface area contributed by atoms with E-state index in [9.17, 15) is 4.79 Å². The van der Waals surface area contributed by atoms with Crippen molar-refractivity contribution in [1.82, 2.24) is 29.9 Å². The van der Waals surface area contributed by atoms with E-state index in [1.165, 1.54) is 11.3 Å². The molecule has 4 heterocycles. The average Bonchev–Trinajstić information content (AvgIpc) is 3.39. The van der Waals surface area contributed by atoms with Gasteiger partial charge in [-0.15, -0.1) is 21.5 Å². The molecule has 9 heteroatoms. The average molecular weight is 425 g/mol. The molecule has 0 saturated carbocycles. The molecule has 0 aliphatic rings. The summed E-state index contributed by atoms with van der Waals surface area (Å²) >= 11 is 3.23. The van der Waals surface area contributed by atoms with Crippen LogP contribution in [-0.4, -0.2) is 42.5 Å². The maximum absolute atomic E-state index is 12.7. The van der Waals surface area contributed by atoms with E-state index in [0.717, 1.165) is 40.0 Å². The number of fused-ring (bicyclic) bond motifs is 1. The monoisotopic (exact) mass is 424 g/mol. The van der Waals surface area contributed by atoms with Crippen molar-refractivity contribution in [2.75, 3.05) is 12.0 Å². The number of thiazole rings is 1. The van der Waals surface area contributed by atoms with Gasteiger partial charge in [-0.1, -0.05) is 12.1 Å². The Morgan fingerprint density at radius 1 is 1.24 bits per heavy atom. The molecule has 4 rings (SSSR count). The zero-order valence-electron chi connectivity index (χ0n) is 15.9. The van der Waals surface area contributed by atoms with Crippen LogP contribution in [0.4, 0.5) is 0 Å². The SMILES string of the molecule is CSCCC(NC(=O)Cc1csc(-c2ccccn2)n1)c1nnc2ccccn12. The van der Waals surface area contributed by atoms with Gasteiger partial charge in [0, 0.05) is 17.8 Å². The lowest BCUT2D eigenvalue weighted by molar-refractivity contribution is -0.121. The Kier molecular flexibility index (Phi) is 6.16. The topological polar surface area (TPSA) is 85.1 Å². The highest BCUT2D eigenvalue weighted by molar-refractivity contribution is 7.98. The van der Waals surface area contributed by atoms with E-state index in [1.807, 2.05) is 52.4 Å². The van der Waals surface area contributed by atoms with Crippen LogP contribution in [0.25, 0.3) is 16.3 Å². The third kappa shape index (κ3) is 4.63. The Bertz CT molecular complexity index is 1090. The highest BCUT2D eigenvalue weighted by Crippen LogP contribution is 2.22. The minimum absolute atomic E-state index is 0.0818. The molecule has 0 fully saturated rings. The molecule has 0 aliphatic carbocycles. The highest BCUT2D eigenvalue weighted by Gasteiger charge is 2.21. The largest absolute Gasteiger partial charge is 0.346 e. The van der Waals surface area contributed by atoms with E-state index in [0.29, 0.717) is 0 Å². The predicted molar refractivity (Wildman–Crippen MR) is 116 cm³/mol. The summed E-state index contributed by atoms with van der Waals surface area (Å²) in [5, 5.41) is 14.4. The summed E-state index contributed by atoms with van der Waals surface area (Å²) in [6.45, 7) is 0. The maximum Gasteiger partial charge on any atom is 0.226 e. The lowest BCUT2D eigenvalue weighted by Gasteiger charge is -2.16. The first-order valence-electron chi connectivity index (χ1n) is 9.18. The van der Waals surface area contributed by atoms with Crippen molar-refractivity contribution in [1.29, 1.82) is 0 Å². The second-order valence-corrected chi connectivity index (χ2v) is 8.27. The van der Waals surface area contributed by atoms with E-state index in [1.54, 1.807) is 18.0 Å². The molecular weight excluding hydrogens is 404 g/mol. The van der Waals surface area contributed by atoms with Crippen molar-refractivity contribution < 1.29 is 4.79 Å². The first-order chi connectivity index (χ1) is 14.2. The molecule has 0 aliphatic heterocycles. The fraction of sp³-hybridized carbons (Fsp3) is 0.250. The third-order valence-electron chi connectivity index (χ3n) is 4.38. The first kappa shape index (κ1) is 19.5. The van der Waals surface area contributed by atoms with Crippen LogP contribution >= 0.6 is 23.1 Å². The third-order valence-corrected chi connectivity index (χ3v) is 5.93. The summed E-state index contributed by atoms with van der Waals surface area (Å²) in [5.41, 5.74) is 2.32. The van der Waals surface area contributed by atoms with Crippen LogP contribution in [0.3, 0.4) is 0 Å². The highest BCUT2D eigenvalue weighted by atomic mass is 32.2. The van der Waals surface area contributed by atoms with Crippen LogP contribution < -0.4 is 5.32 Å². The predicted octanol–water partition coefficient (Wildman–Crippen LogP) is 3.40. The summed E-state index contributed by atoms with van der Waals surface area (Å²) < 4.78 is 1.92. The van der Waals surface area contributed by atoms with Crippen LogP contribution in [0.1, 0.15) is 24.0 Å². The number of carbonyl (C=O) groups is 1. The molecule has 0 bridgehead atoms. The summed E-state index contributed by atoms with van der Waals surface area (Å²) in [6.07, 6.45) is 6.70. The van der Waals surface area contributed by atoms with Crippen molar-refractivity contribution >= 4 is 34.7 Å². The second-order valence-electron chi connectivity index (χ2n) is 6.42. The normalized spacial score (nSPS) is 12.2. The van der Waals surface area contributed by atoms with Crippen LogP contribution in [0.15, 0.2) is 54.2 Å². The number of nitrogens with one attached hydrogen (secondary N) is 1. The summed E-state index contributed by atoms with van der Waals surface area (Å²) in [4.78, 5) is 21.6. The molecule has 1 N–H and O–H groups in total. The van der Waals surface area contributed by atoms with Crippen LogP contribution in [0, 0.1) is 0 Å². The zero-order chi connectivity index (χ0) is 20.1. The van der Waals surface area contributed by atoms with Crippen molar-refractivity contribution in [2.24, 2.45) is 0 Å². The minimum atomic E-state index is -0.207. The van der Waals surface area contributed by atoms with Crippen LogP contribution in [0.5, 0.6) is 0 Å². The van der Waals surface area contributed by atoms with Gasteiger partial charge < -0.3 is 5.32 Å². The van der Waals surface area contributed by atoms with Gasteiger partial charge >= 0.3 is 0 Å². The Morgan fingerprint density at radius 3 is 2.97 bits per heavy atom. The number of rotatable bonds is 8. The van der Waals surface area contributed by atoms with Crippen LogP contribution in [-0.2, 0) is 11.2 Å². The fourth-order valence-corrected chi connectivity index (χ4v) is 4.27. The zero-order valence-corrected chi connectivity index (χ0v) is 17.5. The maximum atomic E-state index is 12.7. The van der Waals surface area contributed by atoms with Crippen molar-refractivity contribution in [3.63, 3.8) is 0 Å². The van der Waals surface area contributed by atoms with Gasteiger partial charge in [-0.25, -0.2) is 4.98 Å². The number of nitrogens with zero attached hydrogens (tertiary/aromatic N) is 5. The van der Waals surface area contributed by atoms with Crippen molar-refractivity contribution in [2.45, 2.75) is 18.9 Å². The summed E-state index contributed by atoms with van der Waals surface area (Å²) in [6, 6.07) is 11.3. The molecule has 0 aromatic carbocycles. The van der Waals surface area contributed by atoms with Gasteiger partial charge in [-0.2, -0.15) is 11.8 Å². The Morgan fingerprint density at radius 2 is 2.14 bits per heavy atom. The van der Waals surface area contributed by atoms with E-state index in [2.05, 4.69) is 31.7 Å². The van der Waals surface area contributed by atoms with Gasteiger partial charge in [0.15, 0.2) is 11.5 Å². The molecule has 0 spiro atoms. The molecule has 1 amide bonds. The van der Waals surface area contributed by atoms with E-state index in [4.69, 9.17) is 0 Å². The molecule has 1 atom stereocenters. The standard InChI is InChI=1S/C20H20N6OS2/c1-28-11-8-15(19-25-24-17-7-3-5-10-26(17)19)23-18(27)12-14-13-29-20(22-14)16-6-2-4-9-21-16/h2-7,9-10,13,15H,8,11-12H2,1H3,(H,23,27). The smallest absolute Gasteiger partial charge is 0.226 e. The number of hydrogen-bond acceptors (Lipinski definition) is 7. The van der Waals surface area contributed by atoms with Gasteiger partial charge in [0.2, 0.25) is 5.91 Å². The minimum Gasteiger partial charge on any atom is -0.346 e. The molecule has 0 saturated heterocycles. The van der Waals surface area contributed by atoms with Crippen molar-refractivity contribution in [3.8, 4) is 10.7 Å². The fourth-order valence-electron chi connectivity index (χ4n) is 3.00. The quantitative estimate of drug-likeness (QED) is 0.467. The van der Waals surface area contributed by atoms with Gasteiger partial charge in [0.05, 0.1) is 23.9 Å². The molecule has 0 radical (unpaired) electrons. The molecule has 29 heavy (non-hydrogen) atoms. The molecule has 7 nitrogen and oxygen atoms in total. The molecule has 148 valence electrons. The second kappa shape index (κ2) is 9.15. The lowest BCUT2D eigenvalue weighted by Crippen LogP contribution is -2.31. The summed E-state index contributed by atoms with van der Waals surface area (Å²) in [5.74, 6) is 1.57. The van der Waals surface area contributed by atoms with Gasteiger partial charge in [0.1, 0.15) is 5.01 Å². The number of aromatic nitrogens is 5. The Labute approximate surface area is 176 Å². The van der Waals surface area contributed by atoms with Crippen LogP contribution in [0.2, 0.25) is 0 Å². The molecular formula is C20H20N6OS2. The lowest BCUT2D eigenvalue weighted by atomic mass is 10.2. The number of amides is 1. The number of hydrogen-bond donors (Lipinski definition) is 1.